The molecule has 1 saturated heterocycles. The van der Waals surface area contributed by atoms with E-state index in [1.165, 1.54) is 0 Å². The van der Waals surface area contributed by atoms with Crippen molar-refractivity contribution in [3.8, 4) is 0 Å². The zero-order valence-corrected chi connectivity index (χ0v) is 13.0. The number of piperidine rings is 1. The number of methoxy groups -OCH3 is 1. The fourth-order valence-electron chi connectivity index (χ4n) is 2.31. The highest BCUT2D eigenvalue weighted by Crippen LogP contribution is 2.16. The number of nitrogens with one attached hydrogen (secondary N) is 1. The van der Waals surface area contributed by atoms with E-state index in [9.17, 15) is 9.59 Å². The number of aliphatic carboxylic acids is 1. The number of carboxylic acid groups (broad SMARTS) is 1. The van der Waals surface area contributed by atoms with Crippen molar-refractivity contribution in [2.75, 3.05) is 60.0 Å². The summed E-state index contributed by atoms with van der Waals surface area (Å²) in [4.78, 5) is 26.7. The van der Waals surface area contributed by atoms with E-state index in [-0.39, 0.29) is 11.8 Å². The van der Waals surface area contributed by atoms with E-state index in [0.717, 1.165) is 19.6 Å². The lowest BCUT2D eigenvalue weighted by molar-refractivity contribution is -0.145. The summed E-state index contributed by atoms with van der Waals surface area (Å²) >= 11 is 0. The zero-order valence-electron chi connectivity index (χ0n) is 13.0. The Labute approximate surface area is 126 Å². The van der Waals surface area contributed by atoms with E-state index in [1.54, 1.807) is 12.0 Å². The first-order valence-corrected chi connectivity index (χ1v) is 7.43. The van der Waals surface area contributed by atoms with Gasteiger partial charge in [-0.3, -0.25) is 9.59 Å². The van der Waals surface area contributed by atoms with Crippen LogP contribution in [-0.2, 0) is 14.3 Å². The minimum Gasteiger partial charge on any atom is -0.481 e. The molecule has 7 nitrogen and oxygen atoms in total. The van der Waals surface area contributed by atoms with Crippen LogP contribution in [0.2, 0.25) is 0 Å². The molecule has 0 saturated carbocycles. The maximum atomic E-state index is 12.0. The van der Waals surface area contributed by atoms with E-state index >= 15 is 0 Å². The lowest BCUT2D eigenvalue weighted by Gasteiger charge is -2.30. The molecule has 0 bridgehead atoms. The SMILES string of the molecule is COCCN(C)CCNCC(=O)N1CCC(C(=O)O)CC1. The molecule has 2 N–H and O–H groups in total. The fraction of sp³-hybridized carbons (Fsp3) is 0.857. The molecule has 1 aliphatic rings. The lowest BCUT2D eigenvalue weighted by atomic mass is 9.97. The van der Waals surface area contributed by atoms with Crippen molar-refractivity contribution >= 4 is 11.9 Å². The zero-order chi connectivity index (χ0) is 15.7. The van der Waals surface area contributed by atoms with Gasteiger partial charge in [-0.1, -0.05) is 0 Å². The first-order chi connectivity index (χ1) is 10.0. The molecule has 1 rings (SSSR count). The summed E-state index contributed by atoms with van der Waals surface area (Å²) in [6.45, 7) is 4.59. The first-order valence-electron chi connectivity index (χ1n) is 7.43. The molecule has 0 spiro atoms. The second-order valence-corrected chi connectivity index (χ2v) is 5.47. The Morgan fingerprint density at radius 3 is 2.57 bits per heavy atom. The minimum atomic E-state index is -0.751. The third-order valence-corrected chi connectivity index (χ3v) is 3.82. The average Bonchev–Trinajstić information content (AvgIpc) is 2.49. The molecule has 0 unspecified atom stereocenters. The molecule has 0 aromatic carbocycles. The topological polar surface area (TPSA) is 82.1 Å². The molecule has 0 aromatic rings. The number of likely N-dealkylation sites (N-methyl/N-ethyl adjacent to an activating group) is 1. The standard InChI is InChI=1S/C14H27N3O4/c1-16(9-10-21-2)8-5-15-11-13(18)17-6-3-12(4-7-17)14(19)20/h12,15H,3-11H2,1-2H3,(H,19,20). The summed E-state index contributed by atoms with van der Waals surface area (Å²) in [5.74, 6) is -0.992. The van der Waals surface area contributed by atoms with Crippen molar-refractivity contribution in [2.24, 2.45) is 5.92 Å². The van der Waals surface area contributed by atoms with Gasteiger partial charge in [0.2, 0.25) is 5.91 Å². The van der Waals surface area contributed by atoms with E-state index in [2.05, 4.69) is 10.2 Å². The number of likely N-dealkylation sites (tertiary alicyclic amines) is 1. The number of carbonyl (C=O) groups excluding carboxylic acids is 1. The largest absolute Gasteiger partial charge is 0.481 e. The van der Waals surface area contributed by atoms with Crippen molar-refractivity contribution in [1.82, 2.24) is 15.1 Å². The predicted molar refractivity (Wildman–Crippen MR) is 79.2 cm³/mol. The highest BCUT2D eigenvalue weighted by atomic mass is 16.5. The van der Waals surface area contributed by atoms with Gasteiger partial charge in [-0.15, -0.1) is 0 Å². The van der Waals surface area contributed by atoms with Gasteiger partial charge in [-0.25, -0.2) is 0 Å². The molecule has 1 aliphatic heterocycles. The van der Waals surface area contributed by atoms with Gasteiger partial charge >= 0.3 is 5.97 Å². The van der Waals surface area contributed by atoms with Gasteiger partial charge in [0.1, 0.15) is 0 Å². The summed E-state index contributed by atoms with van der Waals surface area (Å²) in [5, 5.41) is 12.1. The van der Waals surface area contributed by atoms with Crippen LogP contribution in [0.15, 0.2) is 0 Å². The molecule has 7 heteroatoms. The number of rotatable bonds is 9. The maximum absolute atomic E-state index is 12.0. The summed E-state index contributed by atoms with van der Waals surface area (Å²) in [6.07, 6.45) is 1.11. The maximum Gasteiger partial charge on any atom is 0.306 e. The number of hydrogen-bond donors (Lipinski definition) is 2. The number of carboxylic acids is 1. The second-order valence-electron chi connectivity index (χ2n) is 5.47. The molecule has 0 radical (unpaired) electrons. The number of amides is 1. The van der Waals surface area contributed by atoms with Crippen LogP contribution >= 0.6 is 0 Å². The van der Waals surface area contributed by atoms with Gasteiger partial charge in [0.25, 0.3) is 0 Å². The molecule has 0 atom stereocenters. The molecule has 0 aliphatic carbocycles. The molecule has 0 aromatic heterocycles. The Balaban J connectivity index is 2.10. The third-order valence-electron chi connectivity index (χ3n) is 3.82. The van der Waals surface area contributed by atoms with Gasteiger partial charge < -0.3 is 25.0 Å². The van der Waals surface area contributed by atoms with Crippen LogP contribution in [0.1, 0.15) is 12.8 Å². The normalized spacial score (nSPS) is 16.4. The Kier molecular flexibility index (Phi) is 8.26. The van der Waals surface area contributed by atoms with Crippen molar-refractivity contribution < 1.29 is 19.4 Å². The van der Waals surface area contributed by atoms with Crippen LogP contribution in [0, 0.1) is 5.92 Å². The molecule has 21 heavy (non-hydrogen) atoms. The second kappa shape index (κ2) is 9.70. The molecule has 122 valence electrons. The molecule has 1 heterocycles. The molecule has 1 amide bonds. The minimum absolute atomic E-state index is 0.0541. The van der Waals surface area contributed by atoms with Gasteiger partial charge in [-0.2, -0.15) is 0 Å². The van der Waals surface area contributed by atoms with Gasteiger partial charge in [0, 0.05) is 39.8 Å². The Morgan fingerprint density at radius 1 is 1.33 bits per heavy atom. The Hall–Kier alpha value is -1.18. The number of hydrogen-bond acceptors (Lipinski definition) is 5. The van der Waals surface area contributed by atoms with Crippen LogP contribution in [0.4, 0.5) is 0 Å². The van der Waals surface area contributed by atoms with E-state index in [1.807, 2.05) is 7.05 Å². The highest BCUT2D eigenvalue weighted by molar-refractivity contribution is 5.78. The quantitative estimate of drug-likeness (QED) is 0.558. The summed E-state index contributed by atoms with van der Waals surface area (Å²) in [5.41, 5.74) is 0. The fourth-order valence-corrected chi connectivity index (χ4v) is 2.31. The number of carbonyl (C=O) groups is 2. The van der Waals surface area contributed by atoms with Crippen LogP contribution in [-0.4, -0.2) is 86.8 Å². The van der Waals surface area contributed by atoms with Crippen molar-refractivity contribution in [3.63, 3.8) is 0 Å². The summed E-state index contributed by atoms with van der Waals surface area (Å²) < 4.78 is 5.00. The molecular weight excluding hydrogens is 274 g/mol. The van der Waals surface area contributed by atoms with Gasteiger partial charge in [-0.05, 0) is 19.9 Å². The monoisotopic (exact) mass is 301 g/mol. The van der Waals surface area contributed by atoms with Crippen LogP contribution in [0.25, 0.3) is 0 Å². The van der Waals surface area contributed by atoms with E-state index in [4.69, 9.17) is 9.84 Å². The van der Waals surface area contributed by atoms with Crippen molar-refractivity contribution in [3.05, 3.63) is 0 Å². The Morgan fingerprint density at radius 2 is 2.00 bits per heavy atom. The summed E-state index contributed by atoms with van der Waals surface area (Å²) in [6, 6.07) is 0. The highest BCUT2D eigenvalue weighted by Gasteiger charge is 2.26. The molecular formula is C14H27N3O4. The third kappa shape index (κ3) is 6.88. The van der Waals surface area contributed by atoms with Crippen LogP contribution < -0.4 is 5.32 Å². The predicted octanol–water partition coefficient (Wildman–Crippen LogP) is -0.523. The van der Waals surface area contributed by atoms with Crippen molar-refractivity contribution in [2.45, 2.75) is 12.8 Å². The van der Waals surface area contributed by atoms with Crippen LogP contribution in [0.3, 0.4) is 0 Å². The van der Waals surface area contributed by atoms with E-state index in [0.29, 0.717) is 39.1 Å². The number of nitrogens with zero attached hydrogens (tertiary/aromatic N) is 2. The van der Waals surface area contributed by atoms with Gasteiger partial charge in [0.05, 0.1) is 19.1 Å². The van der Waals surface area contributed by atoms with Crippen molar-refractivity contribution in [1.29, 1.82) is 0 Å². The summed E-state index contributed by atoms with van der Waals surface area (Å²) in [7, 11) is 3.69. The van der Waals surface area contributed by atoms with E-state index < -0.39 is 5.97 Å². The smallest absolute Gasteiger partial charge is 0.306 e. The molecule has 1 fully saturated rings. The van der Waals surface area contributed by atoms with Gasteiger partial charge in [0.15, 0.2) is 0 Å². The number of ether oxygens (including phenoxy) is 1. The lowest BCUT2D eigenvalue weighted by Crippen LogP contribution is -2.45. The first kappa shape index (κ1) is 17.9. The Bertz CT molecular complexity index is 330. The van der Waals surface area contributed by atoms with Crippen LogP contribution in [0.5, 0.6) is 0 Å². The average molecular weight is 301 g/mol.